The van der Waals surface area contributed by atoms with Crippen molar-refractivity contribution in [2.24, 2.45) is 0 Å². The fourth-order valence-electron chi connectivity index (χ4n) is 2.82. The summed E-state index contributed by atoms with van der Waals surface area (Å²) >= 11 is 0. The third-order valence-electron chi connectivity index (χ3n) is 4.27. The molecule has 0 aliphatic carbocycles. The third kappa shape index (κ3) is 4.97. The van der Waals surface area contributed by atoms with Crippen molar-refractivity contribution >= 4 is 34.0 Å². The summed E-state index contributed by atoms with van der Waals surface area (Å²) in [4.78, 5) is 14.4. The molecule has 1 heterocycles. The number of piperazine rings is 1. The van der Waals surface area contributed by atoms with Gasteiger partial charge in [-0.15, -0.1) is 12.4 Å². The molecule has 146 valence electrons. The number of rotatable bonds is 4. The number of anilines is 1. The SMILES string of the molecule is CC1CNCCN1C(=O)c1ccc(S(=O)(=O)Nc2ccc(F)cc2)cc1.Cl. The molecule has 2 aromatic carbocycles. The van der Waals surface area contributed by atoms with Crippen molar-refractivity contribution in [2.45, 2.75) is 17.9 Å². The molecule has 1 unspecified atom stereocenters. The quantitative estimate of drug-likeness (QED) is 0.807. The number of sulfonamides is 1. The second kappa shape index (κ2) is 8.69. The van der Waals surface area contributed by atoms with Crippen molar-refractivity contribution < 1.29 is 17.6 Å². The fourth-order valence-corrected chi connectivity index (χ4v) is 3.88. The van der Waals surface area contributed by atoms with Crippen molar-refractivity contribution in [1.29, 1.82) is 0 Å². The summed E-state index contributed by atoms with van der Waals surface area (Å²) < 4.78 is 40.1. The van der Waals surface area contributed by atoms with Crippen LogP contribution in [0, 0.1) is 5.82 Å². The molecular weight excluding hydrogens is 393 g/mol. The van der Waals surface area contributed by atoms with Gasteiger partial charge in [0.1, 0.15) is 5.82 Å². The van der Waals surface area contributed by atoms with Crippen LogP contribution >= 0.6 is 12.4 Å². The van der Waals surface area contributed by atoms with Crippen LogP contribution in [0.2, 0.25) is 0 Å². The van der Waals surface area contributed by atoms with E-state index in [1.165, 1.54) is 48.5 Å². The van der Waals surface area contributed by atoms with Gasteiger partial charge in [0.15, 0.2) is 0 Å². The lowest BCUT2D eigenvalue weighted by Gasteiger charge is -2.34. The van der Waals surface area contributed by atoms with E-state index in [4.69, 9.17) is 0 Å². The summed E-state index contributed by atoms with van der Waals surface area (Å²) in [7, 11) is -3.81. The van der Waals surface area contributed by atoms with E-state index < -0.39 is 15.8 Å². The van der Waals surface area contributed by atoms with Gasteiger partial charge in [0.05, 0.1) is 4.90 Å². The van der Waals surface area contributed by atoms with Gasteiger partial charge in [-0.2, -0.15) is 0 Å². The van der Waals surface area contributed by atoms with Gasteiger partial charge in [-0.25, -0.2) is 12.8 Å². The second-order valence-electron chi connectivity index (χ2n) is 6.19. The van der Waals surface area contributed by atoms with E-state index in [9.17, 15) is 17.6 Å². The predicted octanol–water partition coefficient (Wildman–Crippen LogP) is 2.48. The monoisotopic (exact) mass is 413 g/mol. The van der Waals surface area contributed by atoms with Crippen LogP contribution in [0.15, 0.2) is 53.4 Å². The fraction of sp³-hybridized carbons (Fsp3) is 0.278. The number of hydrogen-bond donors (Lipinski definition) is 2. The van der Waals surface area contributed by atoms with Gasteiger partial charge in [0, 0.05) is 36.9 Å². The van der Waals surface area contributed by atoms with E-state index in [2.05, 4.69) is 10.0 Å². The van der Waals surface area contributed by atoms with Crippen molar-refractivity contribution in [1.82, 2.24) is 10.2 Å². The van der Waals surface area contributed by atoms with Crippen LogP contribution in [0.3, 0.4) is 0 Å². The predicted molar refractivity (Wildman–Crippen MR) is 104 cm³/mol. The number of nitrogens with zero attached hydrogens (tertiary/aromatic N) is 1. The molecule has 2 aromatic rings. The van der Waals surface area contributed by atoms with E-state index in [0.717, 1.165) is 13.1 Å². The topological polar surface area (TPSA) is 78.5 Å². The molecule has 1 amide bonds. The Hall–Kier alpha value is -2.16. The minimum absolute atomic E-state index is 0. The molecule has 0 spiro atoms. The standard InChI is InChI=1S/C18H20FN3O3S.ClH/c1-13-12-20-10-11-22(13)18(23)14-2-8-17(9-3-14)26(24,25)21-16-6-4-15(19)5-7-16;/h2-9,13,20-21H,10-12H2,1H3;1H. The molecule has 0 radical (unpaired) electrons. The summed E-state index contributed by atoms with van der Waals surface area (Å²) in [6.45, 7) is 4.06. The maximum Gasteiger partial charge on any atom is 0.261 e. The summed E-state index contributed by atoms with van der Waals surface area (Å²) in [6.07, 6.45) is 0. The number of carbonyl (C=O) groups excluding carboxylic acids is 1. The molecule has 0 aromatic heterocycles. The Morgan fingerprint density at radius 2 is 1.78 bits per heavy atom. The van der Waals surface area contributed by atoms with E-state index in [-0.39, 0.29) is 34.9 Å². The highest BCUT2D eigenvalue weighted by Crippen LogP contribution is 2.18. The normalized spacial score (nSPS) is 17.1. The molecule has 1 fully saturated rings. The van der Waals surface area contributed by atoms with Gasteiger partial charge in [0.25, 0.3) is 15.9 Å². The van der Waals surface area contributed by atoms with Crippen LogP contribution in [-0.2, 0) is 10.0 Å². The smallest absolute Gasteiger partial charge is 0.261 e. The molecule has 6 nitrogen and oxygen atoms in total. The maximum atomic E-state index is 12.9. The molecule has 0 bridgehead atoms. The summed E-state index contributed by atoms with van der Waals surface area (Å²) in [5.41, 5.74) is 0.709. The molecule has 3 rings (SSSR count). The molecule has 1 saturated heterocycles. The van der Waals surface area contributed by atoms with Gasteiger partial charge < -0.3 is 10.2 Å². The lowest BCUT2D eigenvalue weighted by molar-refractivity contribution is 0.0655. The van der Waals surface area contributed by atoms with E-state index in [1.807, 2.05) is 6.92 Å². The Morgan fingerprint density at radius 1 is 1.15 bits per heavy atom. The summed E-state index contributed by atoms with van der Waals surface area (Å²) in [5.74, 6) is -0.563. The Kier molecular flexibility index (Phi) is 6.80. The number of hydrogen-bond acceptors (Lipinski definition) is 4. The van der Waals surface area contributed by atoms with Gasteiger partial charge in [-0.05, 0) is 55.5 Å². The van der Waals surface area contributed by atoms with Crippen LogP contribution in [0.5, 0.6) is 0 Å². The van der Waals surface area contributed by atoms with Crippen LogP contribution in [-0.4, -0.2) is 44.9 Å². The van der Waals surface area contributed by atoms with Gasteiger partial charge in [0.2, 0.25) is 0 Å². The van der Waals surface area contributed by atoms with Crippen molar-refractivity contribution in [3.05, 3.63) is 59.9 Å². The molecule has 1 atom stereocenters. The summed E-state index contributed by atoms with van der Waals surface area (Å²) in [5, 5.41) is 3.22. The first-order valence-electron chi connectivity index (χ1n) is 8.27. The molecule has 2 N–H and O–H groups in total. The van der Waals surface area contributed by atoms with Crippen molar-refractivity contribution in [2.75, 3.05) is 24.4 Å². The van der Waals surface area contributed by atoms with E-state index in [1.54, 1.807) is 4.90 Å². The maximum absolute atomic E-state index is 12.9. The lowest BCUT2D eigenvalue weighted by atomic mass is 10.1. The first-order valence-corrected chi connectivity index (χ1v) is 9.75. The van der Waals surface area contributed by atoms with E-state index in [0.29, 0.717) is 12.1 Å². The minimum atomic E-state index is -3.81. The van der Waals surface area contributed by atoms with Crippen molar-refractivity contribution in [3.8, 4) is 0 Å². The number of benzene rings is 2. The van der Waals surface area contributed by atoms with Gasteiger partial charge >= 0.3 is 0 Å². The highest BCUT2D eigenvalue weighted by atomic mass is 35.5. The van der Waals surface area contributed by atoms with E-state index >= 15 is 0 Å². The first kappa shape index (κ1) is 21.1. The van der Waals surface area contributed by atoms with Crippen LogP contribution in [0.4, 0.5) is 10.1 Å². The Morgan fingerprint density at radius 3 is 2.37 bits per heavy atom. The number of carbonyl (C=O) groups is 1. The zero-order chi connectivity index (χ0) is 18.7. The largest absolute Gasteiger partial charge is 0.333 e. The second-order valence-corrected chi connectivity index (χ2v) is 7.87. The average molecular weight is 414 g/mol. The number of nitrogens with one attached hydrogen (secondary N) is 2. The first-order chi connectivity index (χ1) is 12.4. The molecule has 27 heavy (non-hydrogen) atoms. The minimum Gasteiger partial charge on any atom is -0.333 e. The van der Waals surface area contributed by atoms with Crippen LogP contribution in [0.1, 0.15) is 17.3 Å². The molecular formula is C18H21ClFN3O3S. The average Bonchev–Trinajstić information content (AvgIpc) is 2.63. The van der Waals surface area contributed by atoms with Crippen molar-refractivity contribution in [3.63, 3.8) is 0 Å². The van der Waals surface area contributed by atoms with Gasteiger partial charge in [-0.3, -0.25) is 9.52 Å². The van der Waals surface area contributed by atoms with Crippen LogP contribution in [0.25, 0.3) is 0 Å². The highest BCUT2D eigenvalue weighted by Gasteiger charge is 2.24. The third-order valence-corrected chi connectivity index (χ3v) is 5.67. The number of amides is 1. The zero-order valence-electron chi connectivity index (χ0n) is 14.7. The zero-order valence-corrected chi connectivity index (χ0v) is 16.3. The molecule has 1 aliphatic rings. The van der Waals surface area contributed by atoms with Crippen LogP contribution < -0.4 is 10.0 Å². The lowest BCUT2D eigenvalue weighted by Crippen LogP contribution is -2.52. The molecule has 9 heteroatoms. The Labute approximate surface area is 164 Å². The molecule has 0 saturated carbocycles. The summed E-state index contributed by atoms with van der Waals surface area (Å²) in [6, 6.07) is 10.9. The Bertz CT molecular complexity index is 889. The van der Waals surface area contributed by atoms with Gasteiger partial charge in [-0.1, -0.05) is 0 Å². The number of halogens is 2. The Balaban J connectivity index is 0.00000261. The highest BCUT2D eigenvalue weighted by molar-refractivity contribution is 7.92. The molecule has 1 aliphatic heterocycles.